The van der Waals surface area contributed by atoms with Crippen molar-refractivity contribution in [2.75, 3.05) is 30.4 Å². The molecule has 3 saturated heterocycles. The van der Waals surface area contributed by atoms with Crippen LogP contribution in [0.4, 0.5) is 11.4 Å². The van der Waals surface area contributed by atoms with Gasteiger partial charge in [-0.25, -0.2) is 0 Å². The molecule has 5 atom stereocenters. The van der Waals surface area contributed by atoms with Crippen molar-refractivity contribution in [2.24, 2.45) is 11.8 Å². The van der Waals surface area contributed by atoms with E-state index in [-0.39, 0.29) is 24.3 Å². The minimum absolute atomic E-state index is 0.0763. The molecule has 42 heavy (non-hydrogen) atoms. The van der Waals surface area contributed by atoms with Crippen LogP contribution in [0.25, 0.3) is 0 Å². The predicted octanol–water partition coefficient (Wildman–Crippen LogP) is 4.60. The molecule has 0 aliphatic carbocycles. The maximum absolute atomic E-state index is 14.3. The van der Waals surface area contributed by atoms with Gasteiger partial charge in [0, 0.05) is 24.5 Å². The van der Waals surface area contributed by atoms with Gasteiger partial charge >= 0.3 is 0 Å². The molecule has 226 valence electrons. The first-order valence-corrected chi connectivity index (χ1v) is 15.2. The number of rotatable bonds is 12. The largest absolute Gasteiger partial charge is 0.494 e. The number of hydrogen-bond donors (Lipinski definition) is 3. The SMILES string of the molecule is CCOc1ccc(NC(=O)[C@H]2[C@H]3C(=O)N(CCCCCO)C(C(=O)Nc4c(C)cccc4C)C34CC[C@]2(CC)O4)cc1. The van der Waals surface area contributed by atoms with E-state index in [4.69, 9.17) is 9.47 Å². The number of aliphatic hydroxyl groups is 1. The van der Waals surface area contributed by atoms with Crippen LogP contribution in [0, 0.1) is 25.7 Å². The Morgan fingerprint density at radius 3 is 2.36 bits per heavy atom. The van der Waals surface area contributed by atoms with Crippen LogP contribution < -0.4 is 15.4 Å². The molecule has 0 saturated carbocycles. The molecule has 3 fully saturated rings. The summed E-state index contributed by atoms with van der Waals surface area (Å²) in [6.45, 7) is 8.77. The number of hydrogen-bond acceptors (Lipinski definition) is 6. The number of para-hydroxylation sites is 1. The lowest BCUT2D eigenvalue weighted by Crippen LogP contribution is -2.53. The number of carbonyl (C=O) groups excluding carboxylic acids is 3. The van der Waals surface area contributed by atoms with Crippen LogP contribution in [0.1, 0.15) is 63.5 Å². The number of anilines is 2. The van der Waals surface area contributed by atoms with Crippen molar-refractivity contribution in [3.05, 3.63) is 53.6 Å². The molecule has 0 aromatic heterocycles. The molecule has 2 aromatic rings. The fourth-order valence-electron chi connectivity index (χ4n) is 7.45. The lowest BCUT2D eigenvalue weighted by atomic mass is 9.65. The minimum atomic E-state index is -1.09. The van der Waals surface area contributed by atoms with Crippen LogP contribution >= 0.6 is 0 Å². The molecule has 3 heterocycles. The van der Waals surface area contributed by atoms with Gasteiger partial charge in [-0.15, -0.1) is 0 Å². The molecule has 9 heteroatoms. The van der Waals surface area contributed by atoms with Crippen LogP contribution in [-0.2, 0) is 19.1 Å². The molecule has 3 aliphatic rings. The van der Waals surface area contributed by atoms with Crippen molar-refractivity contribution in [1.29, 1.82) is 0 Å². The minimum Gasteiger partial charge on any atom is -0.494 e. The highest BCUT2D eigenvalue weighted by molar-refractivity contribution is 6.05. The average Bonchev–Trinajstić information content (AvgIpc) is 3.58. The van der Waals surface area contributed by atoms with Gasteiger partial charge in [0.1, 0.15) is 17.4 Å². The highest BCUT2D eigenvalue weighted by Gasteiger charge is 2.78. The molecule has 3 amide bonds. The van der Waals surface area contributed by atoms with E-state index >= 15 is 0 Å². The first kappa shape index (κ1) is 30.0. The summed E-state index contributed by atoms with van der Waals surface area (Å²) in [4.78, 5) is 44.1. The highest BCUT2D eigenvalue weighted by atomic mass is 16.5. The molecule has 1 spiro atoms. The van der Waals surface area contributed by atoms with E-state index in [0.29, 0.717) is 56.7 Å². The van der Waals surface area contributed by atoms with Crippen molar-refractivity contribution in [2.45, 2.75) is 83.5 Å². The van der Waals surface area contributed by atoms with Crippen molar-refractivity contribution >= 4 is 29.1 Å². The van der Waals surface area contributed by atoms with Gasteiger partial charge in [-0.3, -0.25) is 14.4 Å². The monoisotopic (exact) mass is 577 g/mol. The van der Waals surface area contributed by atoms with Crippen LogP contribution in [0.2, 0.25) is 0 Å². The number of carbonyl (C=O) groups is 3. The maximum Gasteiger partial charge on any atom is 0.250 e. The summed E-state index contributed by atoms with van der Waals surface area (Å²) in [5, 5.41) is 15.4. The summed E-state index contributed by atoms with van der Waals surface area (Å²) in [5.74, 6) is -1.54. The zero-order chi connectivity index (χ0) is 30.1. The highest BCUT2D eigenvalue weighted by Crippen LogP contribution is 2.64. The maximum atomic E-state index is 14.3. The van der Waals surface area contributed by atoms with Crippen LogP contribution in [0.15, 0.2) is 42.5 Å². The van der Waals surface area contributed by atoms with Crippen LogP contribution in [0.3, 0.4) is 0 Å². The van der Waals surface area contributed by atoms with E-state index < -0.39 is 29.1 Å². The second-order valence-corrected chi connectivity index (χ2v) is 11.9. The second kappa shape index (κ2) is 12.1. The Hall–Kier alpha value is -3.43. The number of fused-ring (bicyclic) bond motifs is 1. The molecule has 9 nitrogen and oxygen atoms in total. The second-order valence-electron chi connectivity index (χ2n) is 11.9. The number of ether oxygens (including phenoxy) is 2. The number of benzene rings is 2. The topological polar surface area (TPSA) is 117 Å². The Kier molecular flexibility index (Phi) is 8.62. The lowest BCUT2D eigenvalue weighted by Gasteiger charge is -2.34. The zero-order valence-corrected chi connectivity index (χ0v) is 25.1. The van der Waals surface area contributed by atoms with Crippen LogP contribution in [-0.4, -0.2) is 64.7 Å². The van der Waals surface area contributed by atoms with Crippen molar-refractivity contribution in [3.63, 3.8) is 0 Å². The number of unbranched alkanes of at least 4 members (excludes halogenated alkanes) is 2. The van der Waals surface area contributed by atoms with Crippen LogP contribution in [0.5, 0.6) is 5.75 Å². The summed E-state index contributed by atoms with van der Waals surface area (Å²) in [7, 11) is 0. The Bertz CT molecular complexity index is 1310. The third-order valence-corrected chi connectivity index (χ3v) is 9.43. The smallest absolute Gasteiger partial charge is 0.250 e. The number of aryl methyl sites for hydroxylation is 2. The Morgan fingerprint density at radius 1 is 1.00 bits per heavy atom. The van der Waals surface area contributed by atoms with Gasteiger partial charge in [-0.1, -0.05) is 25.1 Å². The van der Waals surface area contributed by atoms with Gasteiger partial charge in [-0.2, -0.15) is 0 Å². The van der Waals surface area contributed by atoms with Gasteiger partial charge in [0.25, 0.3) is 0 Å². The van der Waals surface area contributed by atoms with Gasteiger partial charge in [0.15, 0.2) is 0 Å². The van der Waals surface area contributed by atoms with E-state index in [1.165, 1.54) is 0 Å². The third kappa shape index (κ3) is 5.07. The molecule has 5 rings (SSSR count). The molecular weight excluding hydrogens is 534 g/mol. The fourth-order valence-corrected chi connectivity index (χ4v) is 7.45. The number of nitrogens with one attached hydrogen (secondary N) is 2. The molecule has 0 radical (unpaired) electrons. The summed E-state index contributed by atoms with van der Waals surface area (Å²) in [6, 6.07) is 12.2. The summed E-state index contributed by atoms with van der Waals surface area (Å²) >= 11 is 0. The van der Waals surface area contributed by atoms with Gasteiger partial charge in [-0.05, 0) is 94.7 Å². The van der Waals surface area contributed by atoms with Crippen molar-refractivity contribution in [3.8, 4) is 5.75 Å². The molecule has 2 aromatic carbocycles. The zero-order valence-electron chi connectivity index (χ0n) is 25.1. The molecular formula is C33H43N3O6. The van der Waals surface area contributed by atoms with Gasteiger partial charge in [0.2, 0.25) is 17.7 Å². The van der Waals surface area contributed by atoms with E-state index in [9.17, 15) is 19.5 Å². The average molecular weight is 578 g/mol. The van der Waals surface area contributed by atoms with Gasteiger partial charge < -0.3 is 30.1 Å². The summed E-state index contributed by atoms with van der Waals surface area (Å²) in [6.07, 6.45) is 3.68. The fraction of sp³-hybridized carbons (Fsp3) is 0.545. The molecule has 2 bridgehead atoms. The summed E-state index contributed by atoms with van der Waals surface area (Å²) in [5.41, 5.74) is 1.30. The quantitative estimate of drug-likeness (QED) is 0.318. The van der Waals surface area contributed by atoms with Crippen molar-refractivity contribution in [1.82, 2.24) is 4.90 Å². The standard InChI is InChI=1S/C33H43N3O6/c1-5-32-17-18-33(42-32)26(25(32)29(38)34-23-13-15-24(16-14-23)41-6-2)31(40)36(19-8-7-9-20-37)28(33)30(39)35-27-21(3)11-10-12-22(27)4/h10-16,25-26,28,37H,5-9,17-20H2,1-4H3,(H,34,38)(H,35,39)/t25-,26+,28?,32+,33?/m1/s1. The Labute approximate surface area is 248 Å². The third-order valence-electron chi connectivity index (χ3n) is 9.43. The van der Waals surface area contributed by atoms with E-state index in [1.54, 1.807) is 29.2 Å². The van der Waals surface area contributed by atoms with E-state index in [1.807, 2.05) is 45.9 Å². The lowest BCUT2D eigenvalue weighted by molar-refractivity contribution is -0.144. The summed E-state index contributed by atoms with van der Waals surface area (Å²) < 4.78 is 12.4. The predicted molar refractivity (Wildman–Crippen MR) is 160 cm³/mol. The Morgan fingerprint density at radius 2 is 1.71 bits per heavy atom. The first-order valence-electron chi connectivity index (χ1n) is 15.2. The Balaban J connectivity index is 1.48. The number of amides is 3. The van der Waals surface area contributed by atoms with E-state index in [0.717, 1.165) is 23.2 Å². The number of nitrogens with zero attached hydrogens (tertiary/aromatic N) is 1. The molecule has 2 unspecified atom stereocenters. The number of likely N-dealkylation sites (tertiary alicyclic amines) is 1. The molecule has 3 N–H and O–H groups in total. The normalized spacial score (nSPS) is 27.7. The van der Waals surface area contributed by atoms with Gasteiger partial charge in [0.05, 0.1) is 24.0 Å². The first-order chi connectivity index (χ1) is 20.2. The number of aliphatic hydroxyl groups excluding tert-OH is 1. The van der Waals surface area contributed by atoms with Crippen molar-refractivity contribution < 1.29 is 29.0 Å². The molecule has 3 aliphatic heterocycles. The van der Waals surface area contributed by atoms with E-state index in [2.05, 4.69) is 10.6 Å².